The van der Waals surface area contributed by atoms with Crippen molar-refractivity contribution in [3.63, 3.8) is 0 Å². The SMILES string of the molecule is COc1c(C(N)=O)cccc1C(=O)N1CC2CN(CCCc3ccccc3)C[C@H]2C1. The van der Waals surface area contributed by atoms with E-state index in [1.807, 2.05) is 4.90 Å². The Bertz CT molecular complexity index is 901. The Morgan fingerprint density at radius 2 is 1.63 bits per heavy atom. The minimum absolute atomic E-state index is 0.0834. The third-order valence-corrected chi connectivity index (χ3v) is 6.35. The highest BCUT2D eigenvalue weighted by molar-refractivity contribution is 6.03. The zero-order valence-corrected chi connectivity index (χ0v) is 17.4. The van der Waals surface area contributed by atoms with E-state index >= 15 is 0 Å². The van der Waals surface area contributed by atoms with Crippen molar-refractivity contribution in [3.8, 4) is 5.75 Å². The molecule has 0 saturated carbocycles. The van der Waals surface area contributed by atoms with Crippen LogP contribution in [0.4, 0.5) is 0 Å². The maximum Gasteiger partial charge on any atom is 0.257 e. The molecule has 2 aliphatic rings. The number of amides is 2. The Hall–Kier alpha value is -2.86. The van der Waals surface area contributed by atoms with Crippen LogP contribution >= 0.6 is 0 Å². The van der Waals surface area contributed by atoms with Crippen LogP contribution in [0, 0.1) is 11.8 Å². The van der Waals surface area contributed by atoms with Gasteiger partial charge in [-0.25, -0.2) is 0 Å². The van der Waals surface area contributed by atoms with E-state index in [-0.39, 0.29) is 17.2 Å². The normalized spacial score (nSPS) is 20.9. The van der Waals surface area contributed by atoms with Crippen molar-refractivity contribution in [2.24, 2.45) is 17.6 Å². The second-order valence-electron chi connectivity index (χ2n) is 8.33. The summed E-state index contributed by atoms with van der Waals surface area (Å²) >= 11 is 0. The van der Waals surface area contributed by atoms with Crippen LogP contribution in [0.3, 0.4) is 0 Å². The van der Waals surface area contributed by atoms with Crippen LogP contribution in [-0.4, -0.2) is 61.4 Å². The molecule has 2 aliphatic heterocycles. The second kappa shape index (κ2) is 8.88. The number of fused-ring (bicyclic) bond motifs is 1. The summed E-state index contributed by atoms with van der Waals surface area (Å²) in [5, 5.41) is 0. The average Bonchev–Trinajstić information content (AvgIpc) is 3.32. The topological polar surface area (TPSA) is 75.9 Å². The first-order valence-electron chi connectivity index (χ1n) is 10.6. The predicted octanol–water partition coefficient (Wildman–Crippen LogP) is 2.43. The number of nitrogens with zero attached hydrogens (tertiary/aromatic N) is 2. The predicted molar refractivity (Wildman–Crippen MR) is 116 cm³/mol. The number of rotatable bonds is 7. The molecule has 2 saturated heterocycles. The van der Waals surface area contributed by atoms with Gasteiger partial charge in [0.1, 0.15) is 5.75 Å². The molecule has 2 amide bonds. The number of aryl methyl sites for hydroxylation is 1. The molecule has 2 heterocycles. The van der Waals surface area contributed by atoms with Crippen molar-refractivity contribution in [2.45, 2.75) is 12.8 Å². The first kappa shape index (κ1) is 20.4. The fourth-order valence-corrected chi connectivity index (χ4v) is 4.88. The average molecular weight is 408 g/mol. The highest BCUT2D eigenvalue weighted by atomic mass is 16.5. The lowest BCUT2D eigenvalue weighted by Gasteiger charge is -2.22. The van der Waals surface area contributed by atoms with Gasteiger partial charge in [-0.3, -0.25) is 9.59 Å². The molecule has 0 spiro atoms. The van der Waals surface area contributed by atoms with Crippen molar-refractivity contribution in [3.05, 3.63) is 65.2 Å². The summed E-state index contributed by atoms with van der Waals surface area (Å²) in [4.78, 5) is 29.2. The molecule has 2 N–H and O–H groups in total. The van der Waals surface area contributed by atoms with E-state index in [9.17, 15) is 9.59 Å². The molecule has 6 heteroatoms. The van der Waals surface area contributed by atoms with Crippen molar-refractivity contribution in [1.29, 1.82) is 0 Å². The summed E-state index contributed by atoms with van der Waals surface area (Å²) in [6, 6.07) is 15.6. The lowest BCUT2D eigenvalue weighted by atomic mass is 10.0. The number of methoxy groups -OCH3 is 1. The molecule has 30 heavy (non-hydrogen) atoms. The largest absolute Gasteiger partial charge is 0.495 e. The van der Waals surface area contributed by atoms with Crippen molar-refractivity contribution < 1.29 is 14.3 Å². The number of carbonyl (C=O) groups is 2. The third-order valence-electron chi connectivity index (χ3n) is 6.35. The van der Waals surface area contributed by atoms with Crippen molar-refractivity contribution in [1.82, 2.24) is 9.80 Å². The van der Waals surface area contributed by atoms with Crippen LogP contribution in [0.25, 0.3) is 0 Å². The van der Waals surface area contributed by atoms with Crippen LogP contribution < -0.4 is 10.5 Å². The van der Waals surface area contributed by atoms with Crippen LogP contribution in [-0.2, 0) is 6.42 Å². The monoisotopic (exact) mass is 407 g/mol. The number of nitrogens with two attached hydrogens (primary N) is 1. The van der Waals surface area contributed by atoms with Crippen LogP contribution in [0.5, 0.6) is 5.75 Å². The summed E-state index contributed by atoms with van der Waals surface area (Å²) in [7, 11) is 1.46. The number of ether oxygens (including phenoxy) is 1. The van der Waals surface area contributed by atoms with E-state index in [0.717, 1.165) is 45.6 Å². The van der Waals surface area contributed by atoms with Crippen molar-refractivity contribution >= 4 is 11.8 Å². The Morgan fingerprint density at radius 3 is 2.27 bits per heavy atom. The van der Waals surface area contributed by atoms with E-state index in [0.29, 0.717) is 17.4 Å². The standard InChI is InChI=1S/C24H29N3O3/c1-30-22-20(23(25)28)10-5-11-21(22)24(29)27-15-18-13-26(14-19(18)16-27)12-6-9-17-7-3-2-4-8-17/h2-5,7-8,10-11,18-19H,6,9,12-16H2,1H3,(H2,25,28)/t18-,19?/m0/s1. The maximum absolute atomic E-state index is 13.1. The zero-order chi connectivity index (χ0) is 21.1. The minimum Gasteiger partial charge on any atom is -0.495 e. The number of para-hydroxylation sites is 1. The molecule has 0 radical (unpaired) electrons. The van der Waals surface area contributed by atoms with Gasteiger partial charge in [0, 0.05) is 26.2 Å². The summed E-state index contributed by atoms with van der Waals surface area (Å²) in [6.45, 7) is 4.69. The summed E-state index contributed by atoms with van der Waals surface area (Å²) < 4.78 is 5.35. The van der Waals surface area contributed by atoms with Crippen LogP contribution in [0.15, 0.2) is 48.5 Å². The second-order valence-corrected chi connectivity index (χ2v) is 8.33. The van der Waals surface area contributed by atoms with E-state index in [1.165, 1.54) is 12.7 Å². The molecule has 158 valence electrons. The Kier molecular flexibility index (Phi) is 6.04. The van der Waals surface area contributed by atoms with Gasteiger partial charge in [-0.15, -0.1) is 0 Å². The number of hydrogen-bond acceptors (Lipinski definition) is 4. The number of benzene rings is 2. The van der Waals surface area contributed by atoms with Gasteiger partial charge in [-0.2, -0.15) is 0 Å². The Balaban J connectivity index is 1.33. The number of hydrogen-bond donors (Lipinski definition) is 1. The van der Waals surface area contributed by atoms with Gasteiger partial charge in [0.2, 0.25) is 0 Å². The van der Waals surface area contributed by atoms with E-state index in [2.05, 4.69) is 35.2 Å². The highest BCUT2D eigenvalue weighted by Gasteiger charge is 2.42. The number of primary amides is 1. The van der Waals surface area contributed by atoms with E-state index in [4.69, 9.17) is 10.5 Å². The van der Waals surface area contributed by atoms with E-state index in [1.54, 1.807) is 18.2 Å². The van der Waals surface area contributed by atoms with Gasteiger partial charge >= 0.3 is 0 Å². The van der Waals surface area contributed by atoms with Crippen LogP contribution in [0.1, 0.15) is 32.7 Å². The molecule has 4 rings (SSSR count). The molecule has 0 aromatic heterocycles. The number of likely N-dealkylation sites (tertiary alicyclic amines) is 2. The third kappa shape index (κ3) is 4.19. The fraction of sp³-hybridized carbons (Fsp3) is 0.417. The van der Waals surface area contributed by atoms with E-state index < -0.39 is 5.91 Å². The van der Waals surface area contributed by atoms with Gasteiger partial charge < -0.3 is 20.3 Å². The van der Waals surface area contributed by atoms with Crippen LogP contribution in [0.2, 0.25) is 0 Å². The Labute approximate surface area is 177 Å². The summed E-state index contributed by atoms with van der Waals surface area (Å²) in [5.41, 5.74) is 7.47. The molecule has 0 aliphatic carbocycles. The molecule has 2 aromatic carbocycles. The zero-order valence-electron chi connectivity index (χ0n) is 17.4. The Morgan fingerprint density at radius 1 is 0.967 bits per heavy atom. The maximum atomic E-state index is 13.1. The van der Waals surface area contributed by atoms with Gasteiger partial charge in [0.05, 0.1) is 18.2 Å². The quantitative estimate of drug-likeness (QED) is 0.765. The van der Waals surface area contributed by atoms with Gasteiger partial charge in [0.15, 0.2) is 0 Å². The molecular weight excluding hydrogens is 378 g/mol. The molecule has 1 unspecified atom stereocenters. The smallest absolute Gasteiger partial charge is 0.257 e. The molecule has 2 fully saturated rings. The molecule has 6 nitrogen and oxygen atoms in total. The molecular formula is C24H29N3O3. The van der Waals surface area contributed by atoms with Gasteiger partial charge in [0.25, 0.3) is 11.8 Å². The minimum atomic E-state index is -0.592. The van der Waals surface area contributed by atoms with Crippen molar-refractivity contribution in [2.75, 3.05) is 39.8 Å². The molecule has 2 aromatic rings. The van der Waals surface area contributed by atoms with Gasteiger partial charge in [-0.05, 0) is 48.9 Å². The first-order chi connectivity index (χ1) is 14.6. The van der Waals surface area contributed by atoms with Gasteiger partial charge in [-0.1, -0.05) is 36.4 Å². The highest BCUT2D eigenvalue weighted by Crippen LogP contribution is 2.33. The molecule has 2 atom stereocenters. The summed E-state index contributed by atoms with van der Waals surface area (Å²) in [5.74, 6) is 0.618. The molecule has 0 bridgehead atoms. The lowest BCUT2D eigenvalue weighted by molar-refractivity contribution is 0.0770. The fourth-order valence-electron chi connectivity index (χ4n) is 4.88. The summed E-state index contributed by atoms with van der Waals surface area (Å²) in [6.07, 6.45) is 2.26. The number of carbonyl (C=O) groups excluding carboxylic acids is 2. The first-order valence-corrected chi connectivity index (χ1v) is 10.6. The lowest BCUT2D eigenvalue weighted by Crippen LogP contribution is -2.34.